The van der Waals surface area contributed by atoms with Gasteiger partial charge in [-0.15, -0.1) is 0 Å². The smallest absolute Gasteiger partial charge is 0.211 e. The Morgan fingerprint density at radius 2 is 2.40 bits per heavy atom. The van der Waals surface area contributed by atoms with Crippen molar-refractivity contribution in [1.82, 2.24) is 0 Å². The lowest BCUT2D eigenvalue weighted by Gasteiger charge is -2.06. The Morgan fingerprint density at radius 1 is 1.70 bits per heavy atom. The van der Waals surface area contributed by atoms with Crippen LogP contribution in [0.2, 0.25) is 0 Å². The van der Waals surface area contributed by atoms with Gasteiger partial charge in [0, 0.05) is 5.75 Å². The van der Waals surface area contributed by atoms with Gasteiger partial charge >= 0.3 is 0 Å². The van der Waals surface area contributed by atoms with Crippen LogP contribution in [0.5, 0.6) is 0 Å². The van der Waals surface area contributed by atoms with Crippen molar-refractivity contribution < 1.29 is 4.79 Å². The number of nitrogens with zero attached hydrogens (tertiary/aromatic N) is 1. The summed E-state index contributed by atoms with van der Waals surface area (Å²) in [5.74, 6) is 1.14. The maximum absolute atomic E-state index is 9.79. The summed E-state index contributed by atoms with van der Waals surface area (Å²) in [6.45, 7) is 0.692. The van der Waals surface area contributed by atoms with Crippen LogP contribution in [-0.4, -0.2) is 24.6 Å². The molecule has 2 nitrogen and oxygen atoms in total. The summed E-state index contributed by atoms with van der Waals surface area (Å²) in [5, 5.41) is 0. The van der Waals surface area contributed by atoms with Crippen molar-refractivity contribution in [2.45, 2.75) is 12.8 Å². The van der Waals surface area contributed by atoms with Crippen LogP contribution in [0.1, 0.15) is 12.8 Å². The molecule has 0 heterocycles. The molecule has 0 bridgehead atoms. The molecular weight excluding hydrogens is 146 g/mol. The molecule has 10 heavy (non-hydrogen) atoms. The minimum Gasteiger partial charge on any atom is -0.211 e. The Kier molecular flexibility index (Phi) is 2.52. The molecule has 0 aromatic carbocycles. The number of aliphatic imine (C=N–C) groups is 1. The molecule has 0 aliphatic heterocycles. The van der Waals surface area contributed by atoms with E-state index in [1.165, 1.54) is 12.8 Å². The number of hydrogen-bond donors (Lipinski definition) is 0. The van der Waals surface area contributed by atoms with Crippen LogP contribution in [0, 0.1) is 5.41 Å². The number of isocyanates is 1. The van der Waals surface area contributed by atoms with Gasteiger partial charge in [-0.05, 0) is 24.5 Å². The molecule has 0 spiro atoms. The quantitative estimate of drug-likeness (QED) is 0.457. The molecule has 56 valence electrons. The highest BCUT2D eigenvalue weighted by atomic mass is 32.2. The second kappa shape index (κ2) is 3.22. The highest BCUT2D eigenvalue weighted by Gasteiger charge is 2.41. The van der Waals surface area contributed by atoms with Gasteiger partial charge in [0.2, 0.25) is 6.08 Å². The van der Waals surface area contributed by atoms with Crippen molar-refractivity contribution >= 4 is 17.8 Å². The zero-order valence-corrected chi connectivity index (χ0v) is 6.91. The first kappa shape index (κ1) is 7.83. The summed E-state index contributed by atoms with van der Waals surface area (Å²) >= 11 is 1.83. The summed E-state index contributed by atoms with van der Waals surface area (Å²) in [6, 6.07) is 0. The molecule has 1 fully saturated rings. The maximum atomic E-state index is 9.79. The number of thioether (sulfide) groups is 1. The van der Waals surface area contributed by atoms with Gasteiger partial charge in [0.25, 0.3) is 0 Å². The van der Waals surface area contributed by atoms with Crippen molar-refractivity contribution in [3.05, 3.63) is 0 Å². The van der Waals surface area contributed by atoms with Crippen LogP contribution in [0.4, 0.5) is 0 Å². The summed E-state index contributed by atoms with van der Waals surface area (Å²) in [7, 11) is 0. The van der Waals surface area contributed by atoms with Gasteiger partial charge in [0.1, 0.15) is 0 Å². The molecule has 0 amide bonds. The molecule has 1 aliphatic rings. The third-order valence-corrected chi connectivity index (χ3v) is 2.79. The normalized spacial score (nSPS) is 19.7. The lowest BCUT2D eigenvalue weighted by molar-refractivity contribution is 0.551. The van der Waals surface area contributed by atoms with Crippen molar-refractivity contribution in [2.24, 2.45) is 10.4 Å². The summed E-state index contributed by atoms with van der Waals surface area (Å²) in [4.78, 5) is 13.4. The van der Waals surface area contributed by atoms with E-state index in [1.807, 2.05) is 11.8 Å². The molecule has 1 aliphatic carbocycles. The molecule has 0 N–H and O–H groups in total. The van der Waals surface area contributed by atoms with E-state index in [0.29, 0.717) is 12.0 Å². The topological polar surface area (TPSA) is 29.4 Å². The van der Waals surface area contributed by atoms with Gasteiger partial charge in [-0.25, -0.2) is 9.79 Å². The standard InChI is InChI=1S/C7H11NOS/c1-10-5-7(2-3-7)4-8-6-9/h2-5H2,1H3. The third-order valence-electron chi connectivity index (χ3n) is 1.89. The Hall–Kier alpha value is -0.270. The van der Waals surface area contributed by atoms with Gasteiger partial charge in [-0.2, -0.15) is 11.8 Å². The molecule has 1 rings (SSSR count). The highest BCUT2D eigenvalue weighted by Crippen LogP contribution is 2.47. The minimum atomic E-state index is 0.386. The van der Waals surface area contributed by atoms with Crippen molar-refractivity contribution in [3.63, 3.8) is 0 Å². The Balaban J connectivity index is 2.29. The average molecular weight is 157 g/mol. The Morgan fingerprint density at radius 3 is 2.80 bits per heavy atom. The lowest BCUT2D eigenvalue weighted by Crippen LogP contribution is -2.07. The maximum Gasteiger partial charge on any atom is 0.234 e. The lowest BCUT2D eigenvalue weighted by atomic mass is 10.1. The van der Waals surface area contributed by atoms with Crippen LogP contribution < -0.4 is 0 Å². The molecule has 0 aromatic rings. The summed E-state index contributed by atoms with van der Waals surface area (Å²) in [5.41, 5.74) is 0.386. The number of carbonyl (C=O) groups excluding carboxylic acids is 1. The predicted octanol–water partition coefficient (Wildman–Crippen LogP) is 1.47. The Labute approximate surface area is 65.1 Å². The molecule has 0 aromatic heterocycles. The fraction of sp³-hybridized carbons (Fsp3) is 0.857. The largest absolute Gasteiger partial charge is 0.234 e. The van der Waals surface area contributed by atoms with E-state index in [1.54, 1.807) is 6.08 Å². The monoisotopic (exact) mass is 157 g/mol. The van der Waals surface area contributed by atoms with E-state index in [4.69, 9.17) is 0 Å². The molecule has 0 saturated heterocycles. The zero-order chi connectivity index (χ0) is 7.45. The van der Waals surface area contributed by atoms with Gasteiger partial charge < -0.3 is 0 Å². The van der Waals surface area contributed by atoms with E-state index < -0.39 is 0 Å². The number of hydrogen-bond acceptors (Lipinski definition) is 3. The Bertz CT molecular complexity index is 159. The summed E-state index contributed by atoms with van der Waals surface area (Å²) in [6.07, 6.45) is 6.15. The second-order valence-corrected chi connectivity index (χ2v) is 3.71. The van der Waals surface area contributed by atoms with E-state index in [0.717, 1.165) is 5.75 Å². The average Bonchev–Trinajstić information content (AvgIpc) is 2.67. The van der Waals surface area contributed by atoms with E-state index in [2.05, 4.69) is 11.2 Å². The molecule has 3 heteroatoms. The van der Waals surface area contributed by atoms with Crippen LogP contribution >= 0.6 is 11.8 Å². The second-order valence-electron chi connectivity index (χ2n) is 2.84. The van der Waals surface area contributed by atoms with Crippen molar-refractivity contribution in [3.8, 4) is 0 Å². The molecule has 0 radical (unpaired) electrons. The van der Waals surface area contributed by atoms with Crippen LogP contribution in [0.3, 0.4) is 0 Å². The number of rotatable bonds is 4. The first-order chi connectivity index (χ1) is 4.83. The first-order valence-corrected chi connectivity index (χ1v) is 4.75. The van der Waals surface area contributed by atoms with Gasteiger partial charge in [-0.1, -0.05) is 0 Å². The SMILES string of the molecule is CSCC1(CN=C=O)CC1. The van der Waals surface area contributed by atoms with E-state index >= 15 is 0 Å². The molecule has 0 atom stereocenters. The molecule has 1 saturated carbocycles. The van der Waals surface area contributed by atoms with E-state index in [9.17, 15) is 4.79 Å². The van der Waals surface area contributed by atoms with Crippen LogP contribution in [0.15, 0.2) is 4.99 Å². The fourth-order valence-electron chi connectivity index (χ4n) is 1.03. The van der Waals surface area contributed by atoms with Crippen LogP contribution in [-0.2, 0) is 4.79 Å². The highest BCUT2D eigenvalue weighted by molar-refractivity contribution is 7.98. The van der Waals surface area contributed by atoms with Crippen molar-refractivity contribution in [2.75, 3.05) is 18.6 Å². The van der Waals surface area contributed by atoms with Gasteiger partial charge in [0.15, 0.2) is 0 Å². The van der Waals surface area contributed by atoms with Gasteiger partial charge in [0.05, 0.1) is 6.54 Å². The zero-order valence-electron chi connectivity index (χ0n) is 6.09. The fourth-order valence-corrected chi connectivity index (χ4v) is 2.02. The third kappa shape index (κ3) is 1.86. The van der Waals surface area contributed by atoms with Crippen molar-refractivity contribution in [1.29, 1.82) is 0 Å². The predicted molar refractivity (Wildman–Crippen MR) is 43.0 cm³/mol. The molecule has 0 unspecified atom stereocenters. The van der Waals surface area contributed by atoms with Gasteiger partial charge in [-0.3, -0.25) is 0 Å². The first-order valence-electron chi connectivity index (χ1n) is 3.36. The minimum absolute atomic E-state index is 0.386. The van der Waals surface area contributed by atoms with E-state index in [-0.39, 0.29) is 0 Å². The summed E-state index contributed by atoms with van der Waals surface area (Å²) < 4.78 is 0. The molecular formula is C7H11NOS. The van der Waals surface area contributed by atoms with Crippen LogP contribution in [0.25, 0.3) is 0 Å².